The van der Waals surface area contributed by atoms with Crippen LogP contribution >= 0.6 is 7.37 Å². The summed E-state index contributed by atoms with van der Waals surface area (Å²) in [6.07, 6.45) is 10.0. The highest BCUT2D eigenvalue weighted by Gasteiger charge is 2.48. The Balaban J connectivity index is 1.40. The number of hydrogen-bond acceptors (Lipinski definition) is 3. The summed E-state index contributed by atoms with van der Waals surface area (Å²) < 4.78 is 69.3. The Morgan fingerprint density at radius 1 is 1.06 bits per heavy atom. The van der Waals surface area contributed by atoms with Gasteiger partial charge in [-0.25, -0.2) is 21.9 Å². The molecule has 2 bridgehead atoms. The molecule has 196 valence electrons. The van der Waals surface area contributed by atoms with Crippen LogP contribution in [-0.2, 0) is 14.6 Å². The van der Waals surface area contributed by atoms with E-state index < -0.39 is 29.0 Å². The summed E-state index contributed by atoms with van der Waals surface area (Å²) in [5, 5.41) is 0. The van der Waals surface area contributed by atoms with Crippen LogP contribution in [0.15, 0.2) is 59.5 Å². The number of benzene rings is 2. The van der Waals surface area contributed by atoms with Gasteiger partial charge in [-0.05, 0) is 86.1 Å². The summed E-state index contributed by atoms with van der Waals surface area (Å²) in [7, 11) is -6.79. The van der Waals surface area contributed by atoms with Crippen molar-refractivity contribution in [3.05, 3.63) is 66.3 Å². The molecule has 2 saturated carbocycles. The average molecular weight is 538 g/mol. The highest BCUT2D eigenvalue weighted by Crippen LogP contribution is 2.50. The van der Waals surface area contributed by atoms with E-state index in [0.29, 0.717) is 30.6 Å². The lowest BCUT2D eigenvalue weighted by atomic mass is 9.83. The van der Waals surface area contributed by atoms with Crippen LogP contribution in [0.2, 0.25) is 0 Å². The number of fused-ring (bicyclic) bond motifs is 2. The third-order valence-corrected chi connectivity index (χ3v) is 11.2. The zero-order chi connectivity index (χ0) is 25.9. The van der Waals surface area contributed by atoms with Gasteiger partial charge < -0.3 is 4.89 Å². The van der Waals surface area contributed by atoms with Crippen LogP contribution in [0.5, 0.6) is 0 Å². The van der Waals surface area contributed by atoms with Gasteiger partial charge in [-0.3, -0.25) is 4.57 Å². The minimum atomic E-state index is -3.80. The maximum Gasteiger partial charge on any atom is 0.240 e. The molecule has 0 aromatic heterocycles. The largest absolute Gasteiger partial charge is 0.344 e. The van der Waals surface area contributed by atoms with Gasteiger partial charge in [-0.2, -0.15) is 0 Å². The van der Waals surface area contributed by atoms with Crippen LogP contribution in [0, 0.1) is 29.4 Å². The van der Waals surface area contributed by atoms with Gasteiger partial charge >= 0.3 is 0 Å². The second-order valence-corrected chi connectivity index (χ2v) is 14.5. The Bertz CT molecular complexity index is 1230. The molecule has 4 unspecified atom stereocenters. The predicted molar refractivity (Wildman–Crippen MR) is 138 cm³/mol. The Morgan fingerprint density at radius 2 is 1.72 bits per heavy atom. The van der Waals surface area contributed by atoms with Gasteiger partial charge in [0.05, 0.1) is 10.5 Å². The molecule has 0 heterocycles. The lowest BCUT2D eigenvalue weighted by Gasteiger charge is -2.31. The molecule has 0 aliphatic heterocycles. The van der Waals surface area contributed by atoms with Gasteiger partial charge in [0.1, 0.15) is 11.6 Å². The van der Waals surface area contributed by atoms with Crippen LogP contribution in [-0.4, -0.2) is 31.7 Å². The van der Waals surface area contributed by atoms with Crippen molar-refractivity contribution in [2.45, 2.75) is 56.4 Å². The summed E-state index contributed by atoms with van der Waals surface area (Å²) in [6, 6.07) is 9.12. The fourth-order valence-electron chi connectivity index (χ4n) is 5.74. The smallest absolute Gasteiger partial charge is 0.240 e. The first kappa shape index (κ1) is 27.2. The molecule has 0 saturated heterocycles. The highest BCUT2D eigenvalue weighted by atomic mass is 32.2. The normalized spacial score (nSPS) is 25.4. The topological polar surface area (TPSA) is 83.5 Å². The van der Waals surface area contributed by atoms with Gasteiger partial charge in [0.2, 0.25) is 10.0 Å². The maximum absolute atomic E-state index is 14.1. The molecular weight excluding hydrogens is 503 g/mol. The van der Waals surface area contributed by atoms with Crippen molar-refractivity contribution in [1.29, 1.82) is 0 Å². The minimum Gasteiger partial charge on any atom is -0.344 e. The fraction of sp³-hybridized carbons (Fsp3) is 0.481. The lowest BCUT2D eigenvalue weighted by molar-refractivity contribution is 0.274. The van der Waals surface area contributed by atoms with Crippen molar-refractivity contribution >= 4 is 17.4 Å². The van der Waals surface area contributed by atoms with Crippen molar-refractivity contribution in [1.82, 2.24) is 4.72 Å². The molecule has 5 nitrogen and oxygen atoms in total. The van der Waals surface area contributed by atoms with Gasteiger partial charge in [0.25, 0.3) is 0 Å². The number of nitrogens with one attached hydrogen (secondary N) is 1. The summed E-state index contributed by atoms with van der Waals surface area (Å²) >= 11 is 0. The third-order valence-electron chi connectivity index (χ3n) is 7.74. The molecule has 5 atom stereocenters. The molecule has 2 aliphatic carbocycles. The van der Waals surface area contributed by atoms with E-state index in [4.69, 9.17) is 0 Å². The molecule has 2 aromatic rings. The first-order valence-electron chi connectivity index (χ1n) is 12.6. The standard InChI is InChI=1S/C27H34F2NO4PS/c1-2-35(31,32)17-6-4-3-5-8-23-20-11-12-21(18-20)27(23)30-36(33,34)22-15-13-19(14-16-22)26-24(28)9-7-10-25(26)29/h3,5,7,9-10,13-16,20-21,23,27,30H,2,4,6,8,11-12,17-18H2,1H3,(H,31,32)/b5-3-/t20-,21?,23?,27?/m1/s1. The van der Waals surface area contributed by atoms with Gasteiger partial charge in [-0.1, -0.05) is 37.3 Å². The Labute approximate surface area is 212 Å². The van der Waals surface area contributed by atoms with E-state index in [9.17, 15) is 26.7 Å². The molecular formula is C27H34F2NO4PS. The molecule has 2 fully saturated rings. The van der Waals surface area contributed by atoms with Crippen LogP contribution in [0.3, 0.4) is 0 Å². The fourth-order valence-corrected chi connectivity index (χ4v) is 8.09. The van der Waals surface area contributed by atoms with Crippen LogP contribution in [0.25, 0.3) is 11.1 Å². The zero-order valence-electron chi connectivity index (χ0n) is 20.4. The van der Waals surface area contributed by atoms with E-state index in [1.165, 1.54) is 42.5 Å². The second-order valence-electron chi connectivity index (χ2n) is 10.0. The maximum atomic E-state index is 14.1. The zero-order valence-corrected chi connectivity index (χ0v) is 22.2. The average Bonchev–Trinajstić information content (AvgIpc) is 3.44. The molecule has 0 spiro atoms. The summed E-state index contributed by atoms with van der Waals surface area (Å²) in [5.41, 5.74) is 0.106. The molecule has 0 amide bonds. The van der Waals surface area contributed by atoms with Crippen molar-refractivity contribution in [2.24, 2.45) is 17.8 Å². The van der Waals surface area contributed by atoms with Gasteiger partial charge in [-0.15, -0.1) is 0 Å². The van der Waals surface area contributed by atoms with Crippen molar-refractivity contribution < 1.29 is 26.7 Å². The van der Waals surface area contributed by atoms with Crippen LogP contribution in [0.1, 0.15) is 45.4 Å². The predicted octanol–water partition coefficient (Wildman–Crippen LogP) is 6.34. The number of hydrogen-bond donors (Lipinski definition) is 2. The molecule has 9 heteroatoms. The summed E-state index contributed by atoms with van der Waals surface area (Å²) in [4.78, 5) is 9.76. The van der Waals surface area contributed by atoms with Crippen molar-refractivity contribution in [3.8, 4) is 11.1 Å². The van der Waals surface area contributed by atoms with E-state index >= 15 is 0 Å². The van der Waals surface area contributed by atoms with Crippen molar-refractivity contribution in [2.75, 3.05) is 12.3 Å². The van der Waals surface area contributed by atoms with Crippen LogP contribution in [0.4, 0.5) is 8.78 Å². The monoisotopic (exact) mass is 537 g/mol. The number of allylic oxidation sites excluding steroid dienone is 2. The third kappa shape index (κ3) is 6.16. The Kier molecular flexibility index (Phi) is 8.50. The quantitative estimate of drug-likeness (QED) is 0.199. The van der Waals surface area contributed by atoms with E-state index in [1.807, 2.05) is 6.08 Å². The minimum absolute atomic E-state index is 0.0735. The molecule has 2 aromatic carbocycles. The molecule has 4 rings (SSSR count). The van der Waals surface area contributed by atoms with Crippen molar-refractivity contribution in [3.63, 3.8) is 0 Å². The van der Waals surface area contributed by atoms with E-state index in [-0.39, 0.29) is 28.0 Å². The van der Waals surface area contributed by atoms with E-state index in [0.717, 1.165) is 32.1 Å². The number of sulfonamides is 1. The molecule has 2 N–H and O–H groups in total. The first-order valence-corrected chi connectivity index (χ1v) is 16.2. The summed E-state index contributed by atoms with van der Waals surface area (Å²) in [6.45, 7) is 1.73. The van der Waals surface area contributed by atoms with Gasteiger partial charge in [0, 0.05) is 18.4 Å². The molecule has 0 radical (unpaired) electrons. The van der Waals surface area contributed by atoms with Crippen LogP contribution < -0.4 is 4.72 Å². The highest BCUT2D eigenvalue weighted by molar-refractivity contribution is 7.89. The van der Waals surface area contributed by atoms with Gasteiger partial charge in [0.15, 0.2) is 7.37 Å². The van der Waals surface area contributed by atoms with E-state index in [1.54, 1.807) is 6.92 Å². The molecule has 36 heavy (non-hydrogen) atoms. The summed E-state index contributed by atoms with van der Waals surface area (Å²) in [5.74, 6) is -0.396. The molecule has 2 aliphatic rings. The Hall–Kier alpha value is -1.86. The number of unbranched alkanes of at least 4 members (excludes halogenated alkanes) is 1. The number of halogens is 2. The first-order chi connectivity index (χ1) is 17.1. The number of rotatable bonds is 11. The van der Waals surface area contributed by atoms with E-state index in [2.05, 4.69) is 10.8 Å². The SMILES string of the molecule is CCP(=O)(O)CCC/C=C\CC1C(NS(=O)(=O)c2ccc(-c3c(F)cccc3F)cc2)C2CC[C@@H]1C2. The lowest BCUT2D eigenvalue weighted by Crippen LogP contribution is -2.43. The Morgan fingerprint density at radius 3 is 2.39 bits per heavy atom. The second kappa shape index (κ2) is 11.3.